The number of fused-ring (bicyclic) bond motifs is 1. The molecule has 0 radical (unpaired) electrons. The lowest BCUT2D eigenvalue weighted by molar-refractivity contribution is -0.384. The zero-order valence-electron chi connectivity index (χ0n) is 17.9. The SMILES string of the molecule is Cc1ccc(COc2ccc([N+](=O)[O-])cc2C=Nn2c(C)nc3ccc(Br)cc3c2=O)cc1. The molecule has 33 heavy (non-hydrogen) atoms. The Morgan fingerprint density at radius 3 is 2.61 bits per heavy atom. The normalized spacial score (nSPS) is 11.2. The minimum atomic E-state index is -0.492. The molecule has 0 aliphatic heterocycles. The van der Waals surface area contributed by atoms with Crippen LogP contribution in [0.2, 0.25) is 0 Å². The van der Waals surface area contributed by atoms with Gasteiger partial charge in [-0.25, -0.2) is 4.98 Å². The summed E-state index contributed by atoms with van der Waals surface area (Å²) in [6.45, 7) is 3.95. The molecule has 0 unspecified atom stereocenters. The Kier molecular flexibility index (Phi) is 6.32. The van der Waals surface area contributed by atoms with Gasteiger partial charge in [0, 0.05) is 22.2 Å². The summed E-state index contributed by atoms with van der Waals surface area (Å²) in [4.78, 5) is 28.2. The summed E-state index contributed by atoms with van der Waals surface area (Å²) >= 11 is 3.36. The molecule has 0 atom stereocenters. The van der Waals surface area contributed by atoms with E-state index < -0.39 is 4.92 Å². The number of aromatic nitrogens is 2. The van der Waals surface area contributed by atoms with E-state index >= 15 is 0 Å². The largest absolute Gasteiger partial charge is 0.488 e. The molecule has 0 saturated carbocycles. The van der Waals surface area contributed by atoms with E-state index in [1.807, 2.05) is 37.3 Å². The number of nitrogens with zero attached hydrogens (tertiary/aromatic N) is 4. The van der Waals surface area contributed by atoms with Crippen LogP contribution in [0.5, 0.6) is 5.75 Å². The van der Waals surface area contributed by atoms with Crippen LogP contribution in [0.25, 0.3) is 10.9 Å². The maximum Gasteiger partial charge on any atom is 0.282 e. The second-order valence-corrected chi connectivity index (χ2v) is 8.35. The molecule has 0 aliphatic carbocycles. The van der Waals surface area contributed by atoms with Gasteiger partial charge in [-0.1, -0.05) is 45.8 Å². The van der Waals surface area contributed by atoms with Gasteiger partial charge in [-0.15, -0.1) is 0 Å². The lowest BCUT2D eigenvalue weighted by atomic mass is 10.1. The fraction of sp³-hybridized carbons (Fsp3) is 0.125. The molecule has 0 spiro atoms. The molecule has 8 nitrogen and oxygen atoms in total. The van der Waals surface area contributed by atoms with E-state index in [1.54, 1.807) is 19.1 Å². The van der Waals surface area contributed by atoms with Gasteiger partial charge in [0.2, 0.25) is 0 Å². The second kappa shape index (κ2) is 9.33. The minimum Gasteiger partial charge on any atom is -0.488 e. The highest BCUT2D eigenvalue weighted by Crippen LogP contribution is 2.24. The van der Waals surface area contributed by atoms with Crippen LogP contribution in [0.1, 0.15) is 22.5 Å². The average Bonchev–Trinajstić information content (AvgIpc) is 2.79. The Labute approximate surface area is 197 Å². The van der Waals surface area contributed by atoms with Crippen molar-refractivity contribution in [2.24, 2.45) is 5.10 Å². The van der Waals surface area contributed by atoms with E-state index in [0.29, 0.717) is 28.0 Å². The Morgan fingerprint density at radius 1 is 1.12 bits per heavy atom. The summed E-state index contributed by atoms with van der Waals surface area (Å²) in [6.07, 6.45) is 1.37. The highest BCUT2D eigenvalue weighted by Gasteiger charge is 2.12. The average molecular weight is 507 g/mol. The summed E-state index contributed by atoms with van der Waals surface area (Å²) in [5.74, 6) is 0.797. The van der Waals surface area contributed by atoms with Gasteiger partial charge >= 0.3 is 0 Å². The first-order valence-electron chi connectivity index (χ1n) is 10.0. The van der Waals surface area contributed by atoms with Crippen molar-refractivity contribution in [3.8, 4) is 5.75 Å². The van der Waals surface area contributed by atoms with Gasteiger partial charge in [-0.05, 0) is 43.7 Å². The van der Waals surface area contributed by atoms with Crippen molar-refractivity contribution < 1.29 is 9.66 Å². The number of non-ortho nitro benzene ring substituents is 1. The number of halogens is 1. The molecule has 0 amide bonds. The van der Waals surface area contributed by atoms with Crippen molar-refractivity contribution in [2.45, 2.75) is 20.5 Å². The molecule has 0 N–H and O–H groups in total. The van der Waals surface area contributed by atoms with Crippen LogP contribution >= 0.6 is 15.9 Å². The van der Waals surface area contributed by atoms with Crippen LogP contribution in [0.3, 0.4) is 0 Å². The molecular weight excluding hydrogens is 488 g/mol. The summed E-state index contributed by atoms with van der Waals surface area (Å²) in [5, 5.41) is 16.0. The van der Waals surface area contributed by atoms with Crippen molar-refractivity contribution in [3.63, 3.8) is 0 Å². The van der Waals surface area contributed by atoms with Gasteiger partial charge in [0.15, 0.2) is 0 Å². The first-order chi connectivity index (χ1) is 15.8. The van der Waals surface area contributed by atoms with E-state index in [9.17, 15) is 14.9 Å². The number of ether oxygens (including phenoxy) is 1. The molecular formula is C24H19BrN4O4. The number of nitro groups is 1. The van der Waals surface area contributed by atoms with E-state index in [4.69, 9.17) is 4.74 Å². The third-order valence-electron chi connectivity index (χ3n) is 5.00. The molecule has 0 bridgehead atoms. The van der Waals surface area contributed by atoms with E-state index in [0.717, 1.165) is 20.3 Å². The molecule has 0 aliphatic rings. The van der Waals surface area contributed by atoms with Crippen molar-refractivity contribution in [1.29, 1.82) is 0 Å². The van der Waals surface area contributed by atoms with Crippen LogP contribution in [0.15, 0.2) is 75.0 Å². The third kappa shape index (κ3) is 4.98. The van der Waals surface area contributed by atoms with Gasteiger partial charge in [0.05, 0.1) is 22.0 Å². The number of hydrogen-bond acceptors (Lipinski definition) is 6. The summed E-state index contributed by atoms with van der Waals surface area (Å²) < 4.78 is 7.82. The molecule has 9 heteroatoms. The summed E-state index contributed by atoms with van der Waals surface area (Å²) in [6, 6.07) is 17.4. The summed E-state index contributed by atoms with van der Waals surface area (Å²) in [5.41, 5.74) is 2.57. The quantitative estimate of drug-likeness (QED) is 0.204. The first kappa shape index (κ1) is 22.3. The number of rotatable bonds is 6. The zero-order chi connectivity index (χ0) is 23.5. The van der Waals surface area contributed by atoms with E-state index in [-0.39, 0.29) is 17.9 Å². The van der Waals surface area contributed by atoms with Crippen molar-refractivity contribution in [2.75, 3.05) is 0 Å². The highest BCUT2D eigenvalue weighted by atomic mass is 79.9. The molecule has 3 aromatic carbocycles. The number of aryl methyl sites for hydroxylation is 2. The van der Waals surface area contributed by atoms with Gasteiger partial charge in [-0.3, -0.25) is 14.9 Å². The van der Waals surface area contributed by atoms with Gasteiger partial charge in [0.1, 0.15) is 18.2 Å². The van der Waals surface area contributed by atoms with E-state index in [2.05, 4.69) is 26.0 Å². The molecule has 0 fully saturated rings. The zero-order valence-corrected chi connectivity index (χ0v) is 19.4. The van der Waals surface area contributed by atoms with Crippen LogP contribution in [0, 0.1) is 24.0 Å². The number of hydrogen-bond donors (Lipinski definition) is 0. The Hall–Kier alpha value is -3.85. The van der Waals surface area contributed by atoms with Gasteiger partial charge in [-0.2, -0.15) is 9.78 Å². The van der Waals surface area contributed by atoms with Gasteiger partial charge in [0.25, 0.3) is 11.2 Å². The van der Waals surface area contributed by atoms with Crippen molar-refractivity contribution >= 4 is 38.7 Å². The van der Waals surface area contributed by atoms with Crippen LogP contribution in [-0.4, -0.2) is 20.8 Å². The molecule has 166 valence electrons. The third-order valence-corrected chi connectivity index (χ3v) is 5.49. The Bertz CT molecular complexity index is 1450. The monoisotopic (exact) mass is 506 g/mol. The predicted octanol–water partition coefficient (Wildman–Crippen LogP) is 5.15. The maximum atomic E-state index is 13.0. The van der Waals surface area contributed by atoms with Gasteiger partial charge < -0.3 is 4.74 Å². The Balaban J connectivity index is 1.71. The smallest absolute Gasteiger partial charge is 0.282 e. The van der Waals surface area contributed by atoms with Crippen LogP contribution in [-0.2, 0) is 6.61 Å². The number of benzene rings is 3. The van der Waals surface area contributed by atoms with E-state index in [1.165, 1.54) is 24.4 Å². The topological polar surface area (TPSA) is 99.6 Å². The predicted molar refractivity (Wildman–Crippen MR) is 130 cm³/mol. The first-order valence-corrected chi connectivity index (χ1v) is 10.8. The molecule has 4 aromatic rings. The fourth-order valence-corrected chi connectivity index (χ4v) is 3.60. The molecule has 4 rings (SSSR count). The minimum absolute atomic E-state index is 0.108. The highest BCUT2D eigenvalue weighted by molar-refractivity contribution is 9.10. The molecule has 1 heterocycles. The van der Waals surface area contributed by atoms with Crippen LogP contribution in [0.4, 0.5) is 5.69 Å². The second-order valence-electron chi connectivity index (χ2n) is 7.44. The number of nitro benzene ring substituents is 1. The summed E-state index contributed by atoms with van der Waals surface area (Å²) in [7, 11) is 0. The molecule has 1 aromatic heterocycles. The lowest BCUT2D eigenvalue weighted by Crippen LogP contribution is -2.20. The maximum absolute atomic E-state index is 13.0. The fourth-order valence-electron chi connectivity index (χ4n) is 3.24. The van der Waals surface area contributed by atoms with Crippen molar-refractivity contribution in [3.05, 3.63) is 108 Å². The Morgan fingerprint density at radius 2 is 1.88 bits per heavy atom. The molecule has 0 saturated heterocycles. The standard InChI is InChI=1S/C24H19BrN4O4/c1-15-3-5-17(6-4-15)14-33-23-10-8-20(29(31)32)11-18(23)13-26-28-16(2)27-22-9-7-19(25)12-21(22)24(28)30/h3-13H,14H2,1-2H3. The lowest BCUT2D eigenvalue weighted by Gasteiger charge is -2.10. The van der Waals surface area contributed by atoms with Crippen LogP contribution < -0.4 is 10.3 Å². The van der Waals surface area contributed by atoms with Crippen molar-refractivity contribution in [1.82, 2.24) is 9.66 Å².